The molecule has 0 fully saturated rings. The molecule has 3 aromatic rings. The number of fused-ring (bicyclic) bond motifs is 2. The first-order chi connectivity index (χ1) is 16.5. The molecule has 170 valence electrons. The zero-order valence-electron chi connectivity index (χ0n) is 18.6. The molecular formula is C27H23N3O4. The van der Waals surface area contributed by atoms with Crippen molar-refractivity contribution in [1.82, 2.24) is 4.98 Å². The van der Waals surface area contributed by atoms with E-state index in [0.717, 1.165) is 61.1 Å². The average molecular weight is 453 g/mol. The number of allylic oxidation sites excluding steroid dienone is 2. The Morgan fingerprint density at radius 1 is 0.676 bits per heavy atom. The largest absolute Gasteiger partial charge is 0.276 e. The van der Waals surface area contributed by atoms with Crippen LogP contribution in [0.1, 0.15) is 59.3 Å². The molecule has 0 N–H and O–H groups in total. The van der Waals surface area contributed by atoms with E-state index in [4.69, 9.17) is 4.98 Å². The Hall–Kier alpha value is -4.13. The second-order valence-electron chi connectivity index (χ2n) is 8.68. The van der Waals surface area contributed by atoms with Gasteiger partial charge in [0, 0.05) is 12.1 Å². The highest BCUT2D eigenvalue weighted by Crippen LogP contribution is 2.39. The maximum atomic E-state index is 11.5. The predicted molar refractivity (Wildman–Crippen MR) is 132 cm³/mol. The van der Waals surface area contributed by atoms with Crippen molar-refractivity contribution >= 4 is 34.7 Å². The molecule has 0 aliphatic heterocycles. The van der Waals surface area contributed by atoms with Crippen LogP contribution in [0.5, 0.6) is 0 Å². The lowest BCUT2D eigenvalue weighted by molar-refractivity contribution is -0.385. The van der Waals surface area contributed by atoms with Crippen LogP contribution in [-0.4, -0.2) is 14.8 Å². The first-order valence-electron chi connectivity index (χ1n) is 11.4. The van der Waals surface area contributed by atoms with Crippen molar-refractivity contribution in [2.24, 2.45) is 0 Å². The molecule has 2 aromatic carbocycles. The van der Waals surface area contributed by atoms with Gasteiger partial charge in [0.25, 0.3) is 11.4 Å². The molecule has 0 amide bonds. The lowest BCUT2D eigenvalue weighted by Gasteiger charge is -2.25. The fourth-order valence-corrected chi connectivity index (χ4v) is 4.92. The number of hydrogen-bond acceptors (Lipinski definition) is 5. The van der Waals surface area contributed by atoms with Crippen LogP contribution in [0.15, 0.2) is 54.6 Å². The van der Waals surface area contributed by atoms with Crippen LogP contribution >= 0.6 is 0 Å². The van der Waals surface area contributed by atoms with E-state index < -0.39 is 0 Å². The second kappa shape index (κ2) is 9.02. The van der Waals surface area contributed by atoms with E-state index in [9.17, 15) is 20.2 Å². The minimum Gasteiger partial charge on any atom is -0.258 e. The van der Waals surface area contributed by atoms with Crippen LogP contribution in [0.4, 0.5) is 11.4 Å². The fraction of sp³-hybridized carbons (Fsp3) is 0.222. The molecule has 0 radical (unpaired) electrons. The maximum absolute atomic E-state index is 11.5. The first kappa shape index (κ1) is 21.7. The third kappa shape index (κ3) is 4.12. The van der Waals surface area contributed by atoms with Gasteiger partial charge in [-0.25, -0.2) is 4.98 Å². The number of aryl methyl sites for hydroxylation is 2. The molecule has 1 aromatic heterocycles. The van der Waals surface area contributed by atoms with Crippen molar-refractivity contribution in [2.75, 3.05) is 0 Å². The highest BCUT2D eigenvalue weighted by molar-refractivity contribution is 5.88. The summed E-state index contributed by atoms with van der Waals surface area (Å²) in [7, 11) is 0. The van der Waals surface area contributed by atoms with E-state index in [2.05, 4.69) is 6.07 Å². The summed E-state index contributed by atoms with van der Waals surface area (Å²) < 4.78 is 0. The molecule has 7 heteroatoms. The van der Waals surface area contributed by atoms with E-state index in [0.29, 0.717) is 11.1 Å². The van der Waals surface area contributed by atoms with Crippen molar-refractivity contribution in [3.63, 3.8) is 0 Å². The summed E-state index contributed by atoms with van der Waals surface area (Å²) in [6, 6.07) is 15.7. The molecule has 2 aliphatic rings. The number of hydrogen-bond donors (Lipinski definition) is 0. The highest BCUT2D eigenvalue weighted by Gasteiger charge is 2.24. The Labute approximate surface area is 196 Å². The van der Waals surface area contributed by atoms with Gasteiger partial charge in [0.2, 0.25) is 0 Å². The van der Waals surface area contributed by atoms with Crippen molar-refractivity contribution in [2.45, 2.75) is 38.5 Å². The lowest BCUT2D eigenvalue weighted by Crippen LogP contribution is -2.12. The highest BCUT2D eigenvalue weighted by atomic mass is 16.6. The third-order valence-electron chi connectivity index (χ3n) is 6.50. The smallest absolute Gasteiger partial charge is 0.258 e. The number of pyridine rings is 1. The molecule has 1 heterocycles. The maximum Gasteiger partial charge on any atom is 0.276 e. The van der Waals surface area contributed by atoms with Crippen LogP contribution in [0, 0.1) is 20.2 Å². The summed E-state index contributed by atoms with van der Waals surface area (Å²) in [5, 5.41) is 23.0. The molecular weight excluding hydrogens is 430 g/mol. The number of para-hydroxylation sites is 2. The monoisotopic (exact) mass is 453 g/mol. The van der Waals surface area contributed by atoms with Gasteiger partial charge in [0.15, 0.2) is 0 Å². The number of benzene rings is 2. The zero-order valence-corrected chi connectivity index (χ0v) is 18.6. The predicted octanol–water partition coefficient (Wildman–Crippen LogP) is 6.65. The Bertz CT molecular complexity index is 1270. The number of rotatable bonds is 4. The van der Waals surface area contributed by atoms with Crippen LogP contribution in [0.3, 0.4) is 0 Å². The van der Waals surface area contributed by atoms with Gasteiger partial charge < -0.3 is 0 Å². The van der Waals surface area contributed by atoms with Crippen LogP contribution in [0.2, 0.25) is 0 Å². The zero-order chi connectivity index (χ0) is 23.7. The summed E-state index contributed by atoms with van der Waals surface area (Å²) in [6.07, 6.45) is 9.17. The Morgan fingerprint density at radius 2 is 1.12 bits per heavy atom. The Kier molecular flexibility index (Phi) is 5.76. The van der Waals surface area contributed by atoms with Crippen molar-refractivity contribution in [3.05, 3.63) is 108 Å². The van der Waals surface area contributed by atoms with E-state index in [1.165, 1.54) is 23.3 Å². The van der Waals surface area contributed by atoms with Gasteiger partial charge in [0.1, 0.15) is 0 Å². The number of nitro groups is 2. The van der Waals surface area contributed by atoms with Crippen molar-refractivity contribution < 1.29 is 9.85 Å². The molecule has 5 rings (SSSR count). The van der Waals surface area contributed by atoms with E-state index in [1.54, 1.807) is 36.4 Å². The topological polar surface area (TPSA) is 99.2 Å². The van der Waals surface area contributed by atoms with E-state index >= 15 is 0 Å². The standard InChI is InChI=1S/C27H23N3O4/c31-29(32)24-13-3-1-7-18(24)15-20-9-5-11-22-17-23-12-6-10-21(27(23)28-26(20)22)16-19-8-2-4-14-25(19)30(33)34/h1-4,7-8,13-17H,5-6,9-12H2/b20-15-,21-16+. The normalized spacial score (nSPS) is 17.3. The summed E-state index contributed by atoms with van der Waals surface area (Å²) in [4.78, 5) is 27.4. The van der Waals surface area contributed by atoms with Crippen molar-refractivity contribution in [1.29, 1.82) is 0 Å². The number of aromatic nitrogens is 1. The molecule has 2 aliphatic carbocycles. The van der Waals surface area contributed by atoms with Gasteiger partial charge in [-0.3, -0.25) is 20.2 Å². The van der Waals surface area contributed by atoms with Crippen LogP contribution in [0.25, 0.3) is 23.3 Å². The summed E-state index contributed by atoms with van der Waals surface area (Å²) in [5.41, 5.74) is 7.41. The van der Waals surface area contributed by atoms with Gasteiger partial charge in [-0.2, -0.15) is 0 Å². The number of nitrogens with zero attached hydrogens (tertiary/aromatic N) is 3. The molecule has 7 nitrogen and oxygen atoms in total. The van der Waals surface area contributed by atoms with E-state index in [1.807, 2.05) is 12.2 Å². The molecule has 0 atom stereocenters. The molecule has 0 saturated heterocycles. The van der Waals surface area contributed by atoms with Gasteiger partial charge >= 0.3 is 0 Å². The Morgan fingerprint density at radius 3 is 1.56 bits per heavy atom. The molecule has 0 unspecified atom stereocenters. The van der Waals surface area contributed by atoms with Crippen LogP contribution in [-0.2, 0) is 12.8 Å². The van der Waals surface area contributed by atoms with Crippen LogP contribution < -0.4 is 0 Å². The quantitative estimate of drug-likeness (QED) is 0.325. The fourth-order valence-electron chi connectivity index (χ4n) is 4.92. The molecule has 34 heavy (non-hydrogen) atoms. The first-order valence-corrected chi connectivity index (χ1v) is 11.4. The minimum atomic E-state index is -0.357. The number of nitro benzene ring substituents is 2. The minimum absolute atomic E-state index is 0.0806. The van der Waals surface area contributed by atoms with E-state index in [-0.39, 0.29) is 21.2 Å². The van der Waals surface area contributed by atoms with Gasteiger partial charge in [-0.1, -0.05) is 30.3 Å². The van der Waals surface area contributed by atoms with Crippen molar-refractivity contribution in [3.8, 4) is 0 Å². The Balaban J connectivity index is 1.62. The molecule has 0 saturated carbocycles. The lowest BCUT2D eigenvalue weighted by atomic mass is 9.84. The summed E-state index contributed by atoms with van der Waals surface area (Å²) >= 11 is 0. The third-order valence-corrected chi connectivity index (χ3v) is 6.50. The van der Waals surface area contributed by atoms with Gasteiger partial charge in [-0.05, 0) is 85.1 Å². The average Bonchev–Trinajstić information content (AvgIpc) is 2.84. The summed E-state index contributed by atoms with van der Waals surface area (Å²) in [5.74, 6) is 0. The van der Waals surface area contributed by atoms with Gasteiger partial charge in [0.05, 0.1) is 32.4 Å². The van der Waals surface area contributed by atoms with Gasteiger partial charge in [-0.15, -0.1) is 0 Å². The SMILES string of the molecule is O=[N+]([O-])c1ccccc1/C=C1/CCCc2cc3c(nc21)/C(=C/c1ccccc1[N+](=O)[O-])CCC3. The second-order valence-corrected chi connectivity index (χ2v) is 8.68. The molecule has 0 spiro atoms. The molecule has 0 bridgehead atoms. The summed E-state index contributed by atoms with van der Waals surface area (Å²) in [6.45, 7) is 0.